The average Bonchev–Trinajstić information content (AvgIpc) is 2.97. The molecule has 2 rings (SSSR count). The van der Waals surface area contributed by atoms with Gasteiger partial charge in [0.25, 0.3) is 0 Å². The number of aliphatic hydroxyl groups is 1. The summed E-state index contributed by atoms with van der Waals surface area (Å²) in [5.74, 6) is 0.267. The Labute approximate surface area is 129 Å². The smallest absolute Gasteiger partial charge is 0.0827 e. The van der Waals surface area contributed by atoms with E-state index in [4.69, 9.17) is 0 Å². The summed E-state index contributed by atoms with van der Waals surface area (Å²) in [4.78, 5) is 5.07. The third kappa shape index (κ3) is 4.29. The zero-order chi connectivity index (χ0) is 15.2. The Hall–Kier alpha value is -0.900. The van der Waals surface area contributed by atoms with Gasteiger partial charge in [0.1, 0.15) is 0 Å². The molecule has 1 heterocycles. The normalized spacial score (nSPS) is 22.6. The first kappa shape index (κ1) is 16.5. The maximum atomic E-state index is 10.5. The third-order valence-corrected chi connectivity index (χ3v) is 4.80. The summed E-state index contributed by atoms with van der Waals surface area (Å²) in [5, 5.41) is 10.5. The van der Waals surface area contributed by atoms with E-state index in [1.165, 1.54) is 6.42 Å². The van der Waals surface area contributed by atoms with E-state index in [0.29, 0.717) is 6.04 Å². The van der Waals surface area contributed by atoms with Gasteiger partial charge < -0.3 is 10.0 Å². The van der Waals surface area contributed by atoms with Crippen molar-refractivity contribution in [2.75, 3.05) is 32.7 Å². The summed E-state index contributed by atoms with van der Waals surface area (Å²) in [5.41, 5.74) is 1.03. The van der Waals surface area contributed by atoms with E-state index >= 15 is 0 Å². The molecule has 3 nitrogen and oxygen atoms in total. The molecule has 1 aromatic carbocycles. The van der Waals surface area contributed by atoms with E-state index in [1.54, 1.807) is 0 Å². The van der Waals surface area contributed by atoms with Crippen LogP contribution in [0.2, 0.25) is 0 Å². The summed E-state index contributed by atoms with van der Waals surface area (Å²) in [6.07, 6.45) is 0.897. The molecule has 1 aliphatic rings. The van der Waals surface area contributed by atoms with Gasteiger partial charge in [-0.3, -0.25) is 4.90 Å². The molecule has 0 aliphatic carbocycles. The maximum absolute atomic E-state index is 10.5. The van der Waals surface area contributed by atoms with E-state index in [0.717, 1.165) is 38.3 Å². The van der Waals surface area contributed by atoms with E-state index in [2.05, 4.69) is 30.6 Å². The largest absolute Gasteiger partial charge is 0.388 e. The molecule has 0 bridgehead atoms. The lowest BCUT2D eigenvalue weighted by Gasteiger charge is -2.28. The van der Waals surface area contributed by atoms with E-state index in [9.17, 15) is 5.11 Å². The number of rotatable bonds is 7. The molecule has 1 aromatic rings. The second-order valence-corrected chi connectivity index (χ2v) is 6.26. The second-order valence-electron chi connectivity index (χ2n) is 6.26. The number of hydrogen-bond donors (Lipinski definition) is 1. The maximum Gasteiger partial charge on any atom is 0.0827 e. The molecule has 118 valence electrons. The summed E-state index contributed by atoms with van der Waals surface area (Å²) in [7, 11) is 0. The van der Waals surface area contributed by atoms with Gasteiger partial charge in [0.2, 0.25) is 0 Å². The Morgan fingerprint density at radius 3 is 2.52 bits per heavy atom. The standard InChI is InChI=1S/C18H30N2O/c1-4-20(5-2)17-11-12-19(14-17)13-15(3)18(21)16-9-7-6-8-10-16/h6-10,15,17-18,21H,4-5,11-14H2,1-3H3. The van der Waals surface area contributed by atoms with Crippen LogP contribution in [0, 0.1) is 5.92 Å². The van der Waals surface area contributed by atoms with Crippen LogP contribution in [0.25, 0.3) is 0 Å². The number of benzene rings is 1. The zero-order valence-electron chi connectivity index (χ0n) is 13.7. The van der Waals surface area contributed by atoms with Gasteiger partial charge in [0, 0.05) is 19.1 Å². The van der Waals surface area contributed by atoms with Crippen LogP contribution in [0.4, 0.5) is 0 Å². The fraction of sp³-hybridized carbons (Fsp3) is 0.667. The summed E-state index contributed by atoms with van der Waals surface area (Å²) in [6, 6.07) is 10.7. The number of likely N-dealkylation sites (tertiary alicyclic amines) is 1. The Kier molecular flexibility index (Phi) is 6.22. The van der Waals surface area contributed by atoms with Crippen molar-refractivity contribution in [2.24, 2.45) is 5.92 Å². The van der Waals surface area contributed by atoms with Crippen LogP contribution < -0.4 is 0 Å². The van der Waals surface area contributed by atoms with Crippen LogP contribution in [0.5, 0.6) is 0 Å². The monoisotopic (exact) mass is 290 g/mol. The van der Waals surface area contributed by atoms with E-state index in [-0.39, 0.29) is 12.0 Å². The highest BCUT2D eigenvalue weighted by Crippen LogP contribution is 2.24. The summed E-state index contributed by atoms with van der Waals surface area (Å²) in [6.45, 7) is 12.2. The molecule has 3 heteroatoms. The predicted molar refractivity (Wildman–Crippen MR) is 88.3 cm³/mol. The van der Waals surface area contributed by atoms with Crippen molar-refractivity contribution in [1.82, 2.24) is 9.80 Å². The minimum Gasteiger partial charge on any atom is -0.388 e. The van der Waals surface area contributed by atoms with Crippen LogP contribution >= 0.6 is 0 Å². The first-order valence-corrected chi connectivity index (χ1v) is 8.35. The average molecular weight is 290 g/mol. The van der Waals surface area contributed by atoms with Crippen molar-refractivity contribution in [1.29, 1.82) is 0 Å². The molecule has 0 spiro atoms. The fourth-order valence-corrected chi connectivity index (χ4v) is 3.50. The lowest BCUT2D eigenvalue weighted by atomic mass is 9.97. The summed E-state index contributed by atoms with van der Waals surface area (Å²) >= 11 is 0. The molecule has 1 N–H and O–H groups in total. The first-order chi connectivity index (χ1) is 10.2. The van der Waals surface area contributed by atoms with Crippen LogP contribution in [-0.4, -0.2) is 53.7 Å². The van der Waals surface area contributed by atoms with Crippen LogP contribution in [0.15, 0.2) is 30.3 Å². The van der Waals surface area contributed by atoms with Crippen molar-refractivity contribution >= 4 is 0 Å². The van der Waals surface area contributed by atoms with Crippen molar-refractivity contribution in [3.63, 3.8) is 0 Å². The van der Waals surface area contributed by atoms with Crippen LogP contribution in [0.1, 0.15) is 38.9 Å². The van der Waals surface area contributed by atoms with E-state index in [1.807, 2.05) is 30.3 Å². The highest BCUT2D eigenvalue weighted by Gasteiger charge is 2.28. The Bertz CT molecular complexity index is 405. The van der Waals surface area contributed by atoms with Gasteiger partial charge >= 0.3 is 0 Å². The third-order valence-electron chi connectivity index (χ3n) is 4.80. The Balaban J connectivity index is 1.85. The Morgan fingerprint density at radius 2 is 1.90 bits per heavy atom. The number of aliphatic hydroxyl groups excluding tert-OH is 1. The zero-order valence-corrected chi connectivity index (χ0v) is 13.7. The van der Waals surface area contributed by atoms with Gasteiger partial charge in [0.15, 0.2) is 0 Å². The van der Waals surface area contributed by atoms with Gasteiger partial charge in [-0.1, -0.05) is 51.1 Å². The minimum absolute atomic E-state index is 0.267. The fourth-order valence-electron chi connectivity index (χ4n) is 3.50. The van der Waals surface area contributed by atoms with Crippen molar-refractivity contribution in [2.45, 2.75) is 39.3 Å². The first-order valence-electron chi connectivity index (χ1n) is 8.35. The lowest BCUT2D eigenvalue weighted by molar-refractivity contribution is 0.0918. The quantitative estimate of drug-likeness (QED) is 0.836. The topological polar surface area (TPSA) is 26.7 Å². The molecule has 21 heavy (non-hydrogen) atoms. The molecule has 3 unspecified atom stereocenters. The van der Waals surface area contributed by atoms with Gasteiger partial charge in [-0.2, -0.15) is 0 Å². The molecule has 0 amide bonds. The molecule has 1 saturated heterocycles. The molecule has 1 fully saturated rings. The second kappa shape index (κ2) is 7.92. The molecule has 0 aromatic heterocycles. The van der Waals surface area contributed by atoms with Gasteiger partial charge in [-0.15, -0.1) is 0 Å². The SMILES string of the molecule is CCN(CC)C1CCN(CC(C)C(O)c2ccccc2)C1. The van der Waals surface area contributed by atoms with Crippen LogP contribution in [-0.2, 0) is 0 Å². The van der Waals surface area contributed by atoms with E-state index < -0.39 is 0 Å². The van der Waals surface area contributed by atoms with Gasteiger partial charge in [-0.05, 0) is 37.5 Å². The van der Waals surface area contributed by atoms with Gasteiger partial charge in [-0.25, -0.2) is 0 Å². The Morgan fingerprint density at radius 1 is 1.24 bits per heavy atom. The van der Waals surface area contributed by atoms with Crippen LogP contribution in [0.3, 0.4) is 0 Å². The molecule has 3 atom stereocenters. The summed E-state index contributed by atoms with van der Waals surface area (Å²) < 4.78 is 0. The molecule has 0 saturated carbocycles. The van der Waals surface area contributed by atoms with Gasteiger partial charge in [0.05, 0.1) is 6.10 Å². The predicted octanol–water partition coefficient (Wildman–Crippen LogP) is 2.77. The van der Waals surface area contributed by atoms with Crippen molar-refractivity contribution in [3.05, 3.63) is 35.9 Å². The van der Waals surface area contributed by atoms with Crippen molar-refractivity contribution < 1.29 is 5.11 Å². The number of nitrogens with zero attached hydrogens (tertiary/aromatic N) is 2. The molecular weight excluding hydrogens is 260 g/mol. The number of likely N-dealkylation sites (N-methyl/N-ethyl adjacent to an activating group) is 1. The highest BCUT2D eigenvalue weighted by molar-refractivity contribution is 5.17. The molecular formula is C18H30N2O. The number of hydrogen-bond acceptors (Lipinski definition) is 3. The molecule has 1 aliphatic heterocycles. The molecule has 0 radical (unpaired) electrons. The lowest BCUT2D eigenvalue weighted by Crippen LogP contribution is -2.38. The van der Waals surface area contributed by atoms with Crippen molar-refractivity contribution in [3.8, 4) is 0 Å². The highest BCUT2D eigenvalue weighted by atomic mass is 16.3. The minimum atomic E-state index is -0.362.